The molecule has 12 heteroatoms. The topological polar surface area (TPSA) is 122 Å². The van der Waals surface area contributed by atoms with E-state index in [1.54, 1.807) is 56.3 Å². The maximum absolute atomic E-state index is 13.3. The standard InChI is InChI=1S/C26H27N3O6S3/c1-5-29(38(33,34)21-11-8-20(35-4)9-12-21)19-7-13-24-18(14-19)15-25(36-24)26(30)28-23-16-22(10-6-17(23)2)37(31,32)27-3/h6-16,27H,5H2,1-4H3,(H,28,30). The summed E-state index contributed by atoms with van der Waals surface area (Å²) >= 11 is 1.26. The van der Waals surface area contributed by atoms with Gasteiger partial charge < -0.3 is 10.1 Å². The van der Waals surface area contributed by atoms with Gasteiger partial charge in [-0.05, 0) is 92.5 Å². The molecule has 38 heavy (non-hydrogen) atoms. The first-order chi connectivity index (χ1) is 18.0. The Bertz CT molecular complexity index is 1710. The van der Waals surface area contributed by atoms with Crippen LogP contribution >= 0.6 is 11.3 Å². The number of fused-ring (bicyclic) bond motifs is 1. The van der Waals surface area contributed by atoms with E-state index < -0.39 is 26.0 Å². The van der Waals surface area contributed by atoms with Crippen LogP contribution in [-0.4, -0.2) is 43.4 Å². The highest BCUT2D eigenvalue weighted by Crippen LogP contribution is 2.33. The lowest BCUT2D eigenvalue weighted by molar-refractivity contribution is 0.103. The largest absolute Gasteiger partial charge is 0.497 e. The van der Waals surface area contributed by atoms with Crippen molar-refractivity contribution in [2.75, 3.05) is 30.3 Å². The minimum Gasteiger partial charge on any atom is -0.497 e. The van der Waals surface area contributed by atoms with Crippen molar-refractivity contribution >= 4 is 58.8 Å². The Morgan fingerprint density at radius 1 is 0.947 bits per heavy atom. The molecule has 1 amide bonds. The number of benzene rings is 3. The molecule has 3 aromatic carbocycles. The highest BCUT2D eigenvalue weighted by Gasteiger charge is 2.24. The number of hydrogen-bond donors (Lipinski definition) is 2. The normalized spacial score (nSPS) is 11.9. The second-order valence-corrected chi connectivity index (χ2v) is 13.1. The van der Waals surface area contributed by atoms with Gasteiger partial charge in [-0.2, -0.15) is 0 Å². The monoisotopic (exact) mass is 573 g/mol. The molecular formula is C26H27N3O6S3. The van der Waals surface area contributed by atoms with E-state index in [9.17, 15) is 21.6 Å². The Balaban J connectivity index is 1.63. The van der Waals surface area contributed by atoms with Crippen molar-refractivity contribution in [1.29, 1.82) is 0 Å². The van der Waals surface area contributed by atoms with Crippen molar-refractivity contribution in [3.05, 3.63) is 77.2 Å². The molecule has 0 aliphatic rings. The van der Waals surface area contributed by atoms with Crippen molar-refractivity contribution in [2.45, 2.75) is 23.6 Å². The average molecular weight is 574 g/mol. The molecule has 1 heterocycles. The number of carbonyl (C=O) groups is 1. The van der Waals surface area contributed by atoms with Gasteiger partial charge in [0.15, 0.2) is 0 Å². The molecule has 2 N–H and O–H groups in total. The number of sulfonamides is 2. The Kier molecular flexibility index (Phi) is 7.79. The maximum atomic E-state index is 13.3. The number of thiophene rings is 1. The molecule has 0 unspecified atom stereocenters. The van der Waals surface area contributed by atoms with Crippen LogP contribution in [-0.2, 0) is 20.0 Å². The zero-order valence-electron chi connectivity index (χ0n) is 21.2. The summed E-state index contributed by atoms with van der Waals surface area (Å²) in [7, 11) is -4.66. The van der Waals surface area contributed by atoms with Gasteiger partial charge in [-0.25, -0.2) is 21.6 Å². The Morgan fingerprint density at radius 3 is 2.26 bits per heavy atom. The lowest BCUT2D eigenvalue weighted by atomic mass is 10.2. The van der Waals surface area contributed by atoms with E-state index in [1.807, 2.05) is 0 Å². The quantitative estimate of drug-likeness (QED) is 0.302. The number of ether oxygens (including phenoxy) is 1. The SMILES string of the molecule is CCN(c1ccc2sc(C(=O)Nc3cc(S(=O)(=O)NC)ccc3C)cc2c1)S(=O)(=O)c1ccc(OC)cc1. The van der Waals surface area contributed by atoms with Crippen LogP contribution in [0.2, 0.25) is 0 Å². The van der Waals surface area contributed by atoms with E-state index >= 15 is 0 Å². The summed E-state index contributed by atoms with van der Waals surface area (Å²) in [6.45, 7) is 3.73. The number of methoxy groups -OCH3 is 1. The molecular weight excluding hydrogens is 547 g/mol. The average Bonchev–Trinajstić information content (AvgIpc) is 3.34. The predicted molar refractivity (Wildman–Crippen MR) is 150 cm³/mol. The van der Waals surface area contributed by atoms with Crippen molar-refractivity contribution < 1.29 is 26.4 Å². The number of carbonyl (C=O) groups excluding carboxylic acids is 1. The minimum absolute atomic E-state index is 0.0413. The maximum Gasteiger partial charge on any atom is 0.265 e. The molecule has 1 aromatic heterocycles. The number of rotatable bonds is 9. The number of nitrogens with zero attached hydrogens (tertiary/aromatic N) is 1. The van der Waals surface area contributed by atoms with Gasteiger partial charge in [0.05, 0.1) is 27.5 Å². The van der Waals surface area contributed by atoms with Crippen LogP contribution in [0.3, 0.4) is 0 Å². The predicted octanol–water partition coefficient (Wildman–Crippen LogP) is 4.59. The van der Waals surface area contributed by atoms with Gasteiger partial charge in [-0.1, -0.05) is 6.07 Å². The highest BCUT2D eigenvalue weighted by molar-refractivity contribution is 7.92. The van der Waals surface area contributed by atoms with Crippen molar-refractivity contribution in [3.8, 4) is 5.75 Å². The molecule has 0 bridgehead atoms. The first kappa shape index (κ1) is 27.6. The summed E-state index contributed by atoms with van der Waals surface area (Å²) in [5.74, 6) is 0.163. The molecule has 0 atom stereocenters. The van der Waals surface area contributed by atoms with E-state index in [-0.39, 0.29) is 16.3 Å². The zero-order chi connectivity index (χ0) is 27.7. The van der Waals surface area contributed by atoms with Gasteiger partial charge in [-0.15, -0.1) is 11.3 Å². The van der Waals surface area contributed by atoms with Crippen LogP contribution < -0.4 is 19.1 Å². The second-order valence-electron chi connectivity index (χ2n) is 8.32. The Hall–Kier alpha value is -3.45. The number of anilines is 2. The highest BCUT2D eigenvalue weighted by atomic mass is 32.2. The summed E-state index contributed by atoms with van der Waals surface area (Å²) in [6.07, 6.45) is 0. The van der Waals surface area contributed by atoms with E-state index in [1.165, 1.54) is 54.1 Å². The first-order valence-electron chi connectivity index (χ1n) is 11.6. The van der Waals surface area contributed by atoms with Crippen LogP contribution in [0.4, 0.5) is 11.4 Å². The second kappa shape index (κ2) is 10.7. The molecule has 0 spiro atoms. The van der Waals surface area contributed by atoms with Crippen LogP contribution in [0.1, 0.15) is 22.2 Å². The third-order valence-electron chi connectivity index (χ3n) is 5.98. The molecule has 0 aliphatic heterocycles. The van der Waals surface area contributed by atoms with Crippen molar-refractivity contribution in [1.82, 2.24) is 4.72 Å². The van der Waals surface area contributed by atoms with E-state index in [2.05, 4.69) is 10.0 Å². The molecule has 0 saturated carbocycles. The van der Waals surface area contributed by atoms with Gasteiger partial charge in [0.2, 0.25) is 10.0 Å². The number of nitrogens with one attached hydrogen (secondary N) is 2. The van der Waals surface area contributed by atoms with Crippen LogP contribution in [0.15, 0.2) is 76.5 Å². The fraction of sp³-hybridized carbons (Fsp3) is 0.192. The van der Waals surface area contributed by atoms with Gasteiger partial charge >= 0.3 is 0 Å². The van der Waals surface area contributed by atoms with Crippen molar-refractivity contribution in [2.24, 2.45) is 0 Å². The van der Waals surface area contributed by atoms with Gasteiger partial charge in [0.1, 0.15) is 5.75 Å². The van der Waals surface area contributed by atoms with Crippen LogP contribution in [0, 0.1) is 6.92 Å². The summed E-state index contributed by atoms with van der Waals surface area (Å²) in [4.78, 5) is 13.6. The summed E-state index contributed by atoms with van der Waals surface area (Å²) < 4.78 is 60.5. The van der Waals surface area contributed by atoms with E-state index in [0.29, 0.717) is 33.0 Å². The lowest BCUT2D eigenvalue weighted by Gasteiger charge is -2.23. The van der Waals surface area contributed by atoms with Crippen molar-refractivity contribution in [3.63, 3.8) is 0 Å². The molecule has 0 aliphatic carbocycles. The molecule has 9 nitrogen and oxygen atoms in total. The Morgan fingerprint density at radius 2 is 1.63 bits per heavy atom. The fourth-order valence-corrected chi connectivity index (χ4v) is 7.03. The molecule has 0 saturated heterocycles. The number of hydrogen-bond acceptors (Lipinski definition) is 7. The molecule has 4 aromatic rings. The third-order valence-corrected chi connectivity index (χ3v) is 10.4. The molecule has 0 fully saturated rings. The summed E-state index contributed by atoms with van der Waals surface area (Å²) in [5, 5.41) is 3.50. The lowest BCUT2D eigenvalue weighted by Crippen LogP contribution is -2.30. The first-order valence-corrected chi connectivity index (χ1v) is 15.3. The van der Waals surface area contributed by atoms with E-state index in [4.69, 9.17) is 4.74 Å². The third kappa shape index (κ3) is 5.39. The Labute approximate surface area is 226 Å². The smallest absolute Gasteiger partial charge is 0.265 e. The van der Waals surface area contributed by atoms with Crippen LogP contribution in [0.5, 0.6) is 5.75 Å². The summed E-state index contributed by atoms with van der Waals surface area (Å²) in [5.41, 5.74) is 1.56. The van der Waals surface area contributed by atoms with Gasteiger partial charge in [0, 0.05) is 16.9 Å². The zero-order valence-corrected chi connectivity index (χ0v) is 23.6. The molecule has 4 rings (SSSR count). The fourth-order valence-electron chi connectivity index (χ4n) is 3.87. The van der Waals surface area contributed by atoms with E-state index in [0.717, 1.165) is 4.70 Å². The van der Waals surface area contributed by atoms with Crippen LogP contribution in [0.25, 0.3) is 10.1 Å². The number of aryl methyl sites for hydroxylation is 1. The summed E-state index contributed by atoms with van der Waals surface area (Å²) in [6, 6.07) is 17.6. The molecule has 0 radical (unpaired) electrons. The number of amides is 1. The van der Waals surface area contributed by atoms with Gasteiger partial charge in [0.25, 0.3) is 15.9 Å². The molecule has 200 valence electrons. The minimum atomic E-state index is -3.82. The van der Waals surface area contributed by atoms with Gasteiger partial charge in [-0.3, -0.25) is 9.10 Å².